The fourth-order valence-electron chi connectivity index (χ4n) is 2.48. The second kappa shape index (κ2) is 7.62. The number of nitrogens with two attached hydrogens (primary N) is 1. The van der Waals surface area contributed by atoms with Crippen molar-refractivity contribution in [3.8, 4) is 0 Å². The van der Waals surface area contributed by atoms with E-state index in [4.69, 9.17) is 5.73 Å². The molecule has 0 spiro atoms. The van der Waals surface area contributed by atoms with Gasteiger partial charge in [0.2, 0.25) is 0 Å². The highest BCUT2D eigenvalue weighted by Crippen LogP contribution is 2.18. The molecule has 4 heteroatoms. The Morgan fingerprint density at radius 2 is 2.11 bits per heavy atom. The van der Waals surface area contributed by atoms with Gasteiger partial charge in [0.15, 0.2) is 5.96 Å². The summed E-state index contributed by atoms with van der Waals surface area (Å²) in [4.78, 5) is 6.90. The molecule has 3 N–H and O–H groups in total. The lowest BCUT2D eigenvalue weighted by Gasteiger charge is -2.38. The van der Waals surface area contributed by atoms with Crippen molar-refractivity contribution < 1.29 is 0 Å². The third-order valence-electron chi connectivity index (χ3n) is 3.63. The minimum absolute atomic E-state index is 0.521. The van der Waals surface area contributed by atoms with E-state index in [0.29, 0.717) is 24.0 Å². The van der Waals surface area contributed by atoms with Gasteiger partial charge in [0.25, 0.3) is 0 Å². The van der Waals surface area contributed by atoms with Gasteiger partial charge in [0.1, 0.15) is 0 Å². The first-order valence-electron chi connectivity index (χ1n) is 7.30. The molecule has 0 radical (unpaired) electrons. The molecule has 1 heterocycles. The minimum atomic E-state index is 0.521. The van der Waals surface area contributed by atoms with Crippen molar-refractivity contribution in [1.82, 2.24) is 10.2 Å². The normalized spacial score (nSPS) is 24.3. The summed E-state index contributed by atoms with van der Waals surface area (Å²) in [6.07, 6.45) is 4.02. The zero-order chi connectivity index (χ0) is 13.5. The maximum absolute atomic E-state index is 5.85. The number of rotatable bonds is 5. The molecular weight excluding hydrogens is 224 g/mol. The van der Waals surface area contributed by atoms with Crippen LogP contribution in [0.25, 0.3) is 0 Å². The maximum Gasteiger partial charge on any atom is 0.188 e. The van der Waals surface area contributed by atoms with Crippen LogP contribution >= 0.6 is 0 Å². The molecule has 2 unspecified atom stereocenters. The van der Waals surface area contributed by atoms with Gasteiger partial charge in [-0.15, -0.1) is 0 Å². The van der Waals surface area contributed by atoms with Crippen LogP contribution in [0.3, 0.4) is 0 Å². The van der Waals surface area contributed by atoms with E-state index in [2.05, 4.69) is 42.9 Å². The molecule has 0 aliphatic carbocycles. The van der Waals surface area contributed by atoms with Crippen LogP contribution < -0.4 is 11.1 Å². The topological polar surface area (TPSA) is 53.6 Å². The van der Waals surface area contributed by atoms with Crippen LogP contribution in [0.1, 0.15) is 47.0 Å². The molecule has 0 aromatic carbocycles. The predicted octanol–water partition coefficient (Wildman–Crippen LogP) is 1.81. The van der Waals surface area contributed by atoms with Crippen molar-refractivity contribution in [2.75, 3.05) is 19.6 Å². The largest absolute Gasteiger partial charge is 0.370 e. The monoisotopic (exact) mass is 254 g/mol. The third kappa shape index (κ3) is 5.25. The Hall–Kier alpha value is -0.770. The first-order chi connectivity index (χ1) is 8.50. The molecule has 2 atom stereocenters. The summed E-state index contributed by atoms with van der Waals surface area (Å²) < 4.78 is 0. The molecular formula is C14H30N4. The first-order valence-corrected chi connectivity index (χ1v) is 7.30. The fourth-order valence-corrected chi connectivity index (χ4v) is 2.48. The Kier molecular flexibility index (Phi) is 6.47. The van der Waals surface area contributed by atoms with Gasteiger partial charge in [-0.2, -0.15) is 0 Å². The van der Waals surface area contributed by atoms with Crippen LogP contribution in [0.15, 0.2) is 4.99 Å². The molecule has 1 aliphatic heterocycles. The van der Waals surface area contributed by atoms with Crippen LogP contribution in [0.2, 0.25) is 0 Å². The number of hydrogen-bond acceptors (Lipinski definition) is 2. The van der Waals surface area contributed by atoms with Crippen LogP contribution in [0.5, 0.6) is 0 Å². The summed E-state index contributed by atoms with van der Waals surface area (Å²) in [5.41, 5.74) is 5.85. The average molecular weight is 254 g/mol. The standard InChI is InChI=1S/C14H30N4/c1-11(2)9-16-14(15)17-10-13(4)18-8-6-5-7-12(18)3/h11-13H,5-10H2,1-4H3,(H3,15,16,17). The van der Waals surface area contributed by atoms with E-state index in [-0.39, 0.29) is 0 Å². The van der Waals surface area contributed by atoms with Gasteiger partial charge >= 0.3 is 0 Å². The van der Waals surface area contributed by atoms with Gasteiger partial charge in [0, 0.05) is 25.2 Å². The van der Waals surface area contributed by atoms with Gasteiger partial charge in [-0.1, -0.05) is 20.3 Å². The SMILES string of the molecule is CC(C)CN=C(N)NCC(C)N1CCCCC1C. The molecule has 4 nitrogen and oxygen atoms in total. The number of piperidine rings is 1. The molecule has 1 rings (SSSR count). The number of nitrogens with one attached hydrogen (secondary N) is 1. The first kappa shape index (κ1) is 15.3. The molecule has 106 valence electrons. The third-order valence-corrected chi connectivity index (χ3v) is 3.63. The maximum atomic E-state index is 5.85. The van der Waals surface area contributed by atoms with E-state index < -0.39 is 0 Å². The smallest absolute Gasteiger partial charge is 0.188 e. The van der Waals surface area contributed by atoms with Crippen molar-refractivity contribution in [3.63, 3.8) is 0 Å². The second-order valence-electron chi connectivity index (χ2n) is 5.93. The van der Waals surface area contributed by atoms with Crippen LogP contribution in [-0.4, -0.2) is 42.6 Å². The summed E-state index contributed by atoms with van der Waals surface area (Å²) >= 11 is 0. The summed E-state index contributed by atoms with van der Waals surface area (Å²) in [6, 6.07) is 1.22. The zero-order valence-electron chi connectivity index (χ0n) is 12.4. The summed E-state index contributed by atoms with van der Waals surface area (Å²) in [5, 5.41) is 3.24. The second-order valence-corrected chi connectivity index (χ2v) is 5.93. The minimum Gasteiger partial charge on any atom is -0.370 e. The Morgan fingerprint density at radius 1 is 1.39 bits per heavy atom. The van der Waals surface area contributed by atoms with Crippen molar-refractivity contribution in [3.05, 3.63) is 0 Å². The molecule has 18 heavy (non-hydrogen) atoms. The lowest BCUT2D eigenvalue weighted by Crippen LogP contribution is -2.49. The lowest BCUT2D eigenvalue weighted by atomic mass is 10.0. The number of likely N-dealkylation sites (tertiary alicyclic amines) is 1. The molecule has 0 bridgehead atoms. The Bertz CT molecular complexity index is 263. The Morgan fingerprint density at radius 3 is 2.72 bits per heavy atom. The number of hydrogen-bond donors (Lipinski definition) is 2. The molecule has 1 fully saturated rings. The Labute approximate surface area is 112 Å². The highest BCUT2D eigenvalue weighted by atomic mass is 15.2. The summed E-state index contributed by atoms with van der Waals surface area (Å²) in [6.45, 7) is 11.8. The van der Waals surface area contributed by atoms with E-state index in [9.17, 15) is 0 Å². The van der Waals surface area contributed by atoms with Gasteiger partial charge in [-0.3, -0.25) is 9.89 Å². The predicted molar refractivity (Wildman–Crippen MR) is 78.8 cm³/mol. The highest BCUT2D eigenvalue weighted by Gasteiger charge is 2.22. The van der Waals surface area contributed by atoms with Gasteiger partial charge in [-0.05, 0) is 39.2 Å². The van der Waals surface area contributed by atoms with Crippen LogP contribution in [0, 0.1) is 5.92 Å². The van der Waals surface area contributed by atoms with E-state index in [1.54, 1.807) is 0 Å². The van der Waals surface area contributed by atoms with Crippen molar-refractivity contribution >= 4 is 5.96 Å². The molecule has 0 aromatic rings. The average Bonchev–Trinajstić information content (AvgIpc) is 2.34. The summed E-state index contributed by atoms with van der Waals surface area (Å²) in [5.74, 6) is 1.14. The fraction of sp³-hybridized carbons (Fsp3) is 0.929. The zero-order valence-corrected chi connectivity index (χ0v) is 12.4. The van der Waals surface area contributed by atoms with Crippen molar-refractivity contribution in [2.24, 2.45) is 16.6 Å². The summed E-state index contributed by atoms with van der Waals surface area (Å²) in [7, 11) is 0. The van der Waals surface area contributed by atoms with E-state index in [1.165, 1.54) is 25.8 Å². The lowest BCUT2D eigenvalue weighted by molar-refractivity contribution is 0.116. The molecule has 0 amide bonds. The van der Waals surface area contributed by atoms with E-state index in [0.717, 1.165) is 13.1 Å². The number of nitrogens with zero attached hydrogens (tertiary/aromatic N) is 2. The van der Waals surface area contributed by atoms with Crippen LogP contribution in [-0.2, 0) is 0 Å². The molecule has 1 saturated heterocycles. The highest BCUT2D eigenvalue weighted by molar-refractivity contribution is 5.77. The number of guanidine groups is 1. The van der Waals surface area contributed by atoms with Gasteiger partial charge in [-0.25, -0.2) is 0 Å². The van der Waals surface area contributed by atoms with Crippen molar-refractivity contribution in [1.29, 1.82) is 0 Å². The Balaban J connectivity index is 2.31. The number of aliphatic imine (C=N–C) groups is 1. The van der Waals surface area contributed by atoms with Gasteiger partial charge in [0.05, 0.1) is 0 Å². The quantitative estimate of drug-likeness (QED) is 0.581. The van der Waals surface area contributed by atoms with E-state index >= 15 is 0 Å². The van der Waals surface area contributed by atoms with Gasteiger partial charge < -0.3 is 11.1 Å². The molecule has 0 aromatic heterocycles. The van der Waals surface area contributed by atoms with Crippen molar-refractivity contribution in [2.45, 2.75) is 59.0 Å². The molecule has 0 saturated carbocycles. The van der Waals surface area contributed by atoms with Crippen LogP contribution in [0.4, 0.5) is 0 Å². The van der Waals surface area contributed by atoms with E-state index in [1.807, 2.05) is 0 Å². The molecule has 1 aliphatic rings.